The molecule has 0 fully saturated rings. The van der Waals surface area contributed by atoms with E-state index in [1.54, 1.807) is 30.3 Å². The maximum absolute atomic E-state index is 11.7. The van der Waals surface area contributed by atoms with Crippen molar-refractivity contribution in [2.24, 2.45) is 5.73 Å². The van der Waals surface area contributed by atoms with Gasteiger partial charge in [0, 0.05) is 6.42 Å². The molecule has 2 atom stereocenters. The van der Waals surface area contributed by atoms with Crippen LogP contribution in [0, 0.1) is 12.3 Å². The SMILES string of the molecule is C#CC[C@H](NC(=O)[C@@H](O)c1ccccc1)C(N)=O. The van der Waals surface area contributed by atoms with Crippen molar-refractivity contribution in [3.8, 4) is 12.3 Å². The van der Waals surface area contributed by atoms with Crippen LogP contribution in [-0.4, -0.2) is 23.0 Å². The number of terminal acetylenes is 1. The Hall–Kier alpha value is -2.32. The maximum Gasteiger partial charge on any atom is 0.254 e. The number of hydrogen-bond donors (Lipinski definition) is 3. The van der Waals surface area contributed by atoms with E-state index in [1.165, 1.54) is 0 Å². The molecule has 1 aromatic carbocycles. The fourth-order valence-corrected chi connectivity index (χ4v) is 1.38. The van der Waals surface area contributed by atoms with Crippen LogP contribution in [-0.2, 0) is 9.59 Å². The molecule has 5 heteroatoms. The number of amides is 2. The number of primary amides is 1. The van der Waals surface area contributed by atoms with Crippen LogP contribution < -0.4 is 11.1 Å². The highest BCUT2D eigenvalue weighted by Gasteiger charge is 2.22. The van der Waals surface area contributed by atoms with E-state index >= 15 is 0 Å². The molecule has 18 heavy (non-hydrogen) atoms. The Morgan fingerprint density at radius 3 is 2.50 bits per heavy atom. The zero-order chi connectivity index (χ0) is 13.5. The van der Waals surface area contributed by atoms with Crippen LogP contribution in [0.15, 0.2) is 30.3 Å². The molecule has 94 valence electrons. The number of rotatable bonds is 5. The van der Waals surface area contributed by atoms with E-state index in [-0.39, 0.29) is 6.42 Å². The third-order valence-corrected chi connectivity index (χ3v) is 2.35. The van der Waals surface area contributed by atoms with Crippen molar-refractivity contribution >= 4 is 11.8 Å². The predicted octanol–water partition coefficient (Wildman–Crippen LogP) is -0.287. The van der Waals surface area contributed by atoms with Crippen molar-refractivity contribution in [2.75, 3.05) is 0 Å². The minimum atomic E-state index is -1.36. The normalized spacial score (nSPS) is 13.1. The van der Waals surface area contributed by atoms with Crippen LogP contribution in [0.4, 0.5) is 0 Å². The summed E-state index contributed by atoms with van der Waals surface area (Å²) in [5.41, 5.74) is 5.51. The molecule has 0 unspecified atom stereocenters. The number of nitrogens with one attached hydrogen (secondary N) is 1. The largest absolute Gasteiger partial charge is 0.378 e. The Bertz CT molecular complexity index is 465. The number of nitrogens with two attached hydrogens (primary N) is 1. The van der Waals surface area contributed by atoms with E-state index in [0.29, 0.717) is 5.56 Å². The summed E-state index contributed by atoms with van der Waals surface area (Å²) >= 11 is 0. The van der Waals surface area contributed by atoms with Crippen LogP contribution in [0.3, 0.4) is 0 Å². The summed E-state index contributed by atoms with van der Waals surface area (Å²) in [6, 6.07) is 7.38. The number of aliphatic hydroxyl groups is 1. The van der Waals surface area contributed by atoms with Gasteiger partial charge in [-0.05, 0) is 5.56 Å². The van der Waals surface area contributed by atoms with Crippen LogP contribution in [0.5, 0.6) is 0 Å². The third kappa shape index (κ3) is 3.61. The van der Waals surface area contributed by atoms with Gasteiger partial charge in [0.1, 0.15) is 6.04 Å². The molecule has 4 N–H and O–H groups in total. The lowest BCUT2D eigenvalue weighted by atomic mass is 10.1. The quantitative estimate of drug-likeness (QED) is 0.623. The van der Waals surface area contributed by atoms with Gasteiger partial charge in [0.25, 0.3) is 5.91 Å². The van der Waals surface area contributed by atoms with Gasteiger partial charge >= 0.3 is 0 Å². The predicted molar refractivity (Wildman–Crippen MR) is 66.0 cm³/mol. The lowest BCUT2D eigenvalue weighted by Gasteiger charge is -2.16. The molecule has 0 radical (unpaired) electrons. The van der Waals surface area contributed by atoms with Gasteiger partial charge < -0.3 is 16.2 Å². The zero-order valence-corrected chi connectivity index (χ0v) is 9.67. The fourth-order valence-electron chi connectivity index (χ4n) is 1.38. The lowest BCUT2D eigenvalue weighted by molar-refractivity contribution is -0.133. The van der Waals surface area contributed by atoms with E-state index in [2.05, 4.69) is 11.2 Å². The minimum absolute atomic E-state index is 0.0113. The fraction of sp³-hybridized carbons (Fsp3) is 0.231. The summed E-state index contributed by atoms with van der Waals surface area (Å²) in [5, 5.41) is 12.1. The smallest absolute Gasteiger partial charge is 0.254 e. The Morgan fingerprint density at radius 1 is 1.39 bits per heavy atom. The number of aliphatic hydroxyl groups excluding tert-OH is 1. The molecular weight excluding hydrogens is 232 g/mol. The topological polar surface area (TPSA) is 92.4 Å². The Morgan fingerprint density at radius 2 is 2.00 bits per heavy atom. The third-order valence-electron chi connectivity index (χ3n) is 2.35. The summed E-state index contributed by atoms with van der Waals surface area (Å²) in [5.74, 6) is 0.793. The molecule has 5 nitrogen and oxygen atoms in total. The van der Waals surface area contributed by atoms with Gasteiger partial charge in [0.15, 0.2) is 6.10 Å². The molecule has 1 aromatic rings. The van der Waals surface area contributed by atoms with Crippen molar-refractivity contribution in [1.29, 1.82) is 0 Å². The second kappa shape index (κ2) is 6.42. The van der Waals surface area contributed by atoms with Gasteiger partial charge in [-0.2, -0.15) is 0 Å². The highest BCUT2D eigenvalue weighted by atomic mass is 16.3. The average molecular weight is 246 g/mol. The highest BCUT2D eigenvalue weighted by Crippen LogP contribution is 2.12. The Kier molecular flexibility index (Phi) is 4.90. The van der Waals surface area contributed by atoms with Gasteiger partial charge in [-0.25, -0.2) is 0 Å². The summed E-state index contributed by atoms with van der Waals surface area (Å²) in [6.45, 7) is 0. The van der Waals surface area contributed by atoms with Gasteiger partial charge in [-0.1, -0.05) is 30.3 Å². The van der Waals surface area contributed by atoms with Crippen molar-refractivity contribution in [1.82, 2.24) is 5.32 Å². The summed E-state index contributed by atoms with van der Waals surface area (Å²) in [6.07, 6.45) is 3.69. The van der Waals surface area contributed by atoms with Gasteiger partial charge in [0.05, 0.1) is 0 Å². The molecule has 0 aliphatic rings. The summed E-state index contributed by atoms with van der Waals surface area (Å²) in [7, 11) is 0. The number of carbonyl (C=O) groups excluding carboxylic acids is 2. The van der Waals surface area contributed by atoms with Crippen molar-refractivity contribution in [2.45, 2.75) is 18.6 Å². The molecule has 0 saturated carbocycles. The molecule has 1 rings (SSSR count). The van der Waals surface area contributed by atoms with E-state index in [9.17, 15) is 14.7 Å². The summed E-state index contributed by atoms with van der Waals surface area (Å²) < 4.78 is 0. The first kappa shape index (κ1) is 13.7. The van der Waals surface area contributed by atoms with E-state index in [1.807, 2.05) is 0 Å². The zero-order valence-electron chi connectivity index (χ0n) is 9.67. The molecule has 0 aliphatic heterocycles. The maximum atomic E-state index is 11.7. The first-order valence-corrected chi connectivity index (χ1v) is 5.32. The Balaban J connectivity index is 2.70. The van der Waals surface area contributed by atoms with Gasteiger partial charge in [-0.15, -0.1) is 12.3 Å². The molecule has 0 spiro atoms. The van der Waals surface area contributed by atoms with Crippen LogP contribution in [0.2, 0.25) is 0 Å². The van der Waals surface area contributed by atoms with E-state index in [4.69, 9.17) is 12.2 Å². The molecule has 0 saturated heterocycles. The molecule has 0 aliphatic carbocycles. The molecule has 2 amide bonds. The van der Waals surface area contributed by atoms with Crippen LogP contribution in [0.25, 0.3) is 0 Å². The second-order valence-corrected chi connectivity index (χ2v) is 3.69. The number of carbonyl (C=O) groups is 2. The molecular formula is C13H14N2O3. The van der Waals surface area contributed by atoms with Crippen molar-refractivity contribution in [3.05, 3.63) is 35.9 Å². The monoisotopic (exact) mass is 246 g/mol. The minimum Gasteiger partial charge on any atom is -0.378 e. The second-order valence-electron chi connectivity index (χ2n) is 3.69. The van der Waals surface area contributed by atoms with Crippen LogP contribution >= 0.6 is 0 Å². The number of benzene rings is 1. The van der Waals surface area contributed by atoms with E-state index < -0.39 is 24.0 Å². The average Bonchev–Trinajstić information content (AvgIpc) is 2.38. The highest BCUT2D eigenvalue weighted by molar-refractivity contribution is 5.89. The van der Waals surface area contributed by atoms with Crippen LogP contribution in [0.1, 0.15) is 18.1 Å². The first-order chi connectivity index (χ1) is 8.56. The Labute approximate surface area is 105 Å². The van der Waals surface area contributed by atoms with Crippen molar-refractivity contribution in [3.63, 3.8) is 0 Å². The number of hydrogen-bond acceptors (Lipinski definition) is 3. The molecule has 0 aromatic heterocycles. The standard InChI is InChI=1S/C13H14N2O3/c1-2-6-10(12(14)17)15-13(18)11(16)9-7-4-3-5-8-9/h1,3-5,7-8,10-11,16H,6H2,(H2,14,17)(H,15,18)/t10-,11-/m0/s1. The molecule has 0 bridgehead atoms. The van der Waals surface area contributed by atoms with Gasteiger partial charge in [0.2, 0.25) is 5.91 Å². The summed E-state index contributed by atoms with van der Waals surface area (Å²) in [4.78, 5) is 22.7. The molecule has 0 heterocycles. The lowest BCUT2D eigenvalue weighted by Crippen LogP contribution is -2.45. The van der Waals surface area contributed by atoms with Gasteiger partial charge in [-0.3, -0.25) is 9.59 Å². The van der Waals surface area contributed by atoms with E-state index in [0.717, 1.165) is 0 Å². The first-order valence-electron chi connectivity index (χ1n) is 5.32. The van der Waals surface area contributed by atoms with Crippen molar-refractivity contribution < 1.29 is 14.7 Å².